The van der Waals surface area contributed by atoms with Crippen molar-refractivity contribution in [3.8, 4) is 0 Å². The number of hydrogen-bond donors (Lipinski definition) is 1. The van der Waals surface area contributed by atoms with E-state index < -0.39 is 7.49 Å². The van der Waals surface area contributed by atoms with Crippen LogP contribution < -0.4 is 0 Å². The topological polar surface area (TPSA) is 26.3 Å². The molecule has 110 valence electrons. The number of carbonyl (C=O) groups excluding carboxylic acids is 1. The molecule has 4 heteroatoms. The zero-order valence-corrected chi connectivity index (χ0v) is 14.2. The molecule has 2 nitrogen and oxygen atoms in total. The summed E-state index contributed by atoms with van der Waals surface area (Å²) in [7, 11) is -1.84. The quantitative estimate of drug-likeness (QED) is 0.448. The Labute approximate surface area is 119 Å². The Morgan fingerprint density at radius 3 is 1.61 bits per heavy atom. The van der Waals surface area contributed by atoms with Crippen molar-refractivity contribution in [1.29, 1.82) is 0 Å². The molecule has 0 aromatic heterocycles. The summed E-state index contributed by atoms with van der Waals surface area (Å²) in [5.74, 6) is 0.118. The summed E-state index contributed by atoms with van der Waals surface area (Å²) in [5.41, 5.74) is 0. The zero-order valence-electron chi connectivity index (χ0n) is 12.3. The fourth-order valence-electron chi connectivity index (χ4n) is 2.30. The third kappa shape index (κ3) is 7.63. The molecule has 0 spiro atoms. The minimum atomic E-state index is -1.84. The summed E-state index contributed by atoms with van der Waals surface area (Å²) in [6.07, 6.45) is 10.6. The molecule has 0 radical (unpaired) electrons. The van der Waals surface area contributed by atoms with Gasteiger partial charge in [-0.25, -0.2) is 0 Å². The summed E-state index contributed by atoms with van der Waals surface area (Å²) in [6.45, 7) is 6.62. The molecule has 0 saturated heterocycles. The Balaban J connectivity index is 4.66. The van der Waals surface area contributed by atoms with Gasteiger partial charge in [0, 0.05) is 0 Å². The molecule has 18 heavy (non-hydrogen) atoms. The van der Waals surface area contributed by atoms with Gasteiger partial charge in [0.25, 0.3) is 0 Å². The normalized spacial score (nSPS) is 12.4. The summed E-state index contributed by atoms with van der Waals surface area (Å²) < 4.78 is 5.92. The van der Waals surface area contributed by atoms with Crippen LogP contribution in [0.25, 0.3) is 0 Å². The predicted molar refractivity (Wildman–Crippen MR) is 87.6 cm³/mol. The molecule has 0 N–H and O–H groups in total. The predicted octanol–water partition coefficient (Wildman–Crippen LogP) is 4.52. The molecule has 0 aromatic carbocycles. The van der Waals surface area contributed by atoms with Gasteiger partial charge in [0.15, 0.2) is 0 Å². The van der Waals surface area contributed by atoms with Gasteiger partial charge in [0.1, 0.15) is 0 Å². The van der Waals surface area contributed by atoms with Crippen molar-refractivity contribution in [2.24, 2.45) is 0 Å². The SMILES string of the molecule is CCCC[PH](CCCC)(CCCC)OC(=O)CS. The molecule has 0 amide bonds. The molecule has 0 aliphatic heterocycles. The zero-order chi connectivity index (χ0) is 13.9. The molecule has 0 aliphatic carbocycles. The van der Waals surface area contributed by atoms with Gasteiger partial charge in [0.05, 0.1) is 0 Å². The van der Waals surface area contributed by atoms with Gasteiger partial charge in [-0.2, -0.15) is 0 Å². The van der Waals surface area contributed by atoms with E-state index in [1.54, 1.807) is 0 Å². The van der Waals surface area contributed by atoms with Crippen LogP contribution in [0.2, 0.25) is 0 Å². The molecule has 0 saturated carbocycles. The van der Waals surface area contributed by atoms with Gasteiger partial charge in [-0.05, 0) is 0 Å². The molecule has 0 unspecified atom stereocenters. The van der Waals surface area contributed by atoms with E-state index in [1.807, 2.05) is 0 Å². The Hall–Kier alpha value is 0.250. The van der Waals surface area contributed by atoms with E-state index >= 15 is 0 Å². The van der Waals surface area contributed by atoms with Gasteiger partial charge in [0.2, 0.25) is 0 Å². The second-order valence-corrected chi connectivity index (χ2v) is 9.51. The fraction of sp³-hybridized carbons (Fsp3) is 0.929. The first-order chi connectivity index (χ1) is 8.64. The molecular formula is C14H31O2PS. The van der Waals surface area contributed by atoms with Crippen LogP contribution in [0.5, 0.6) is 0 Å². The molecule has 0 bridgehead atoms. The molecular weight excluding hydrogens is 263 g/mol. The fourth-order valence-corrected chi connectivity index (χ4v) is 7.09. The summed E-state index contributed by atoms with van der Waals surface area (Å²) >= 11 is 4.05. The standard InChI is InChI=1S/C14H31O2PS/c1-4-7-10-17(11-8-5-2,12-9-6-3)16-14(15)13-18/h17-18H,4-13H2,1-3H3. The Morgan fingerprint density at radius 1 is 0.944 bits per heavy atom. The van der Waals surface area contributed by atoms with Crippen LogP contribution in [0.4, 0.5) is 0 Å². The maximum absolute atomic E-state index is 11.7. The van der Waals surface area contributed by atoms with Crippen LogP contribution in [0.15, 0.2) is 0 Å². The minimum absolute atomic E-state index is 0.103. The van der Waals surface area contributed by atoms with E-state index in [-0.39, 0.29) is 11.7 Å². The number of unbranched alkanes of at least 4 members (excludes halogenated alkanes) is 3. The summed E-state index contributed by atoms with van der Waals surface area (Å²) in [5, 5.41) is 0. The molecule has 0 atom stereocenters. The van der Waals surface area contributed by atoms with E-state index in [0.717, 1.165) is 18.5 Å². The monoisotopic (exact) mass is 294 g/mol. The average molecular weight is 294 g/mol. The average Bonchev–Trinajstić information content (AvgIpc) is 2.40. The van der Waals surface area contributed by atoms with E-state index in [4.69, 9.17) is 4.52 Å². The van der Waals surface area contributed by atoms with Crippen LogP contribution in [0, 0.1) is 0 Å². The van der Waals surface area contributed by atoms with Crippen LogP contribution in [-0.2, 0) is 9.32 Å². The van der Waals surface area contributed by atoms with Crippen molar-refractivity contribution < 1.29 is 9.32 Å². The first kappa shape index (κ1) is 18.2. The number of rotatable bonds is 11. The van der Waals surface area contributed by atoms with E-state index in [2.05, 4.69) is 33.4 Å². The Bertz CT molecular complexity index is 200. The molecule has 0 aliphatic rings. The van der Waals surface area contributed by atoms with Crippen LogP contribution in [0.1, 0.15) is 59.3 Å². The maximum atomic E-state index is 11.7. The van der Waals surface area contributed by atoms with Crippen LogP contribution >= 0.6 is 20.1 Å². The molecule has 0 fully saturated rings. The first-order valence-corrected chi connectivity index (χ1v) is 10.6. The number of hydrogen-bond acceptors (Lipinski definition) is 3. The van der Waals surface area contributed by atoms with Gasteiger partial charge in [-0.1, -0.05) is 0 Å². The summed E-state index contributed by atoms with van der Waals surface area (Å²) in [6, 6.07) is 0. The molecule has 0 heterocycles. The second-order valence-electron chi connectivity index (χ2n) is 5.13. The van der Waals surface area contributed by atoms with Gasteiger partial charge in [-0.15, -0.1) is 0 Å². The van der Waals surface area contributed by atoms with Crippen molar-refractivity contribution in [3.05, 3.63) is 0 Å². The summed E-state index contributed by atoms with van der Waals surface area (Å²) in [4.78, 5) is 11.7. The molecule has 0 rings (SSSR count). The Morgan fingerprint density at radius 2 is 1.33 bits per heavy atom. The number of carbonyl (C=O) groups is 1. The Kier molecular flexibility index (Phi) is 11.3. The van der Waals surface area contributed by atoms with E-state index in [0.29, 0.717) is 0 Å². The van der Waals surface area contributed by atoms with E-state index in [1.165, 1.54) is 38.5 Å². The van der Waals surface area contributed by atoms with Crippen molar-refractivity contribution in [1.82, 2.24) is 0 Å². The van der Waals surface area contributed by atoms with Gasteiger partial charge >= 0.3 is 119 Å². The van der Waals surface area contributed by atoms with Crippen LogP contribution in [0.3, 0.4) is 0 Å². The van der Waals surface area contributed by atoms with Crippen molar-refractivity contribution in [2.75, 3.05) is 24.2 Å². The van der Waals surface area contributed by atoms with E-state index in [9.17, 15) is 4.79 Å². The van der Waals surface area contributed by atoms with Crippen molar-refractivity contribution in [3.63, 3.8) is 0 Å². The van der Waals surface area contributed by atoms with Crippen molar-refractivity contribution in [2.45, 2.75) is 59.3 Å². The van der Waals surface area contributed by atoms with Gasteiger partial charge in [-0.3, -0.25) is 0 Å². The number of thiol groups is 1. The first-order valence-electron chi connectivity index (χ1n) is 7.46. The molecule has 0 aromatic rings. The second kappa shape index (κ2) is 11.1. The third-order valence-corrected chi connectivity index (χ3v) is 8.13. The van der Waals surface area contributed by atoms with Crippen molar-refractivity contribution >= 4 is 26.1 Å². The van der Waals surface area contributed by atoms with Crippen LogP contribution in [-0.4, -0.2) is 30.2 Å². The van der Waals surface area contributed by atoms with Gasteiger partial charge < -0.3 is 0 Å². The third-order valence-electron chi connectivity index (χ3n) is 3.42.